The van der Waals surface area contributed by atoms with E-state index in [9.17, 15) is 9.59 Å². The number of nitrogens with zero attached hydrogens (tertiary/aromatic N) is 1. The Bertz CT molecular complexity index is 588. The Hall–Kier alpha value is -2.56. The van der Waals surface area contributed by atoms with E-state index in [2.05, 4.69) is 4.74 Å². The van der Waals surface area contributed by atoms with Crippen molar-refractivity contribution in [1.82, 2.24) is 4.57 Å². The van der Waals surface area contributed by atoms with Crippen molar-refractivity contribution in [2.75, 3.05) is 7.11 Å². The van der Waals surface area contributed by atoms with Crippen molar-refractivity contribution < 1.29 is 14.3 Å². The highest BCUT2D eigenvalue weighted by molar-refractivity contribution is 5.99. The maximum Gasteiger partial charge on any atom is 0.340 e. The van der Waals surface area contributed by atoms with E-state index in [4.69, 9.17) is 5.73 Å². The molecule has 2 aromatic rings. The third kappa shape index (κ3) is 1.98. The number of carbonyl (C=O) groups is 2. The number of amides is 1. The lowest BCUT2D eigenvalue weighted by Crippen LogP contribution is -2.20. The molecule has 0 aliphatic carbocycles. The number of nitrogens with two attached hydrogens (primary N) is 1. The van der Waals surface area contributed by atoms with E-state index in [1.165, 1.54) is 23.9 Å². The molecule has 0 unspecified atom stereocenters. The largest absolute Gasteiger partial charge is 0.465 e. The van der Waals surface area contributed by atoms with Gasteiger partial charge in [-0.05, 0) is 11.6 Å². The smallest absolute Gasteiger partial charge is 0.340 e. The predicted octanol–water partition coefficient (Wildman–Crippen LogP) is 1.87. The van der Waals surface area contributed by atoms with E-state index in [1.54, 1.807) is 12.1 Å². The molecule has 0 saturated heterocycles. The first-order chi connectivity index (χ1) is 8.65. The molecular weight excluding hydrogens is 232 g/mol. The lowest BCUT2D eigenvalue weighted by Gasteiger charge is -2.07. The van der Waals surface area contributed by atoms with Crippen LogP contribution < -0.4 is 5.73 Å². The number of hydrogen-bond acceptors (Lipinski definition) is 3. The van der Waals surface area contributed by atoms with Crippen molar-refractivity contribution in [3.8, 4) is 11.3 Å². The highest BCUT2D eigenvalue weighted by Gasteiger charge is 2.19. The first-order valence-corrected chi connectivity index (χ1v) is 5.30. The molecule has 0 saturated carbocycles. The summed E-state index contributed by atoms with van der Waals surface area (Å²) in [6.45, 7) is 0. The molecule has 1 heterocycles. The second-order valence-electron chi connectivity index (χ2n) is 3.64. The van der Waals surface area contributed by atoms with Gasteiger partial charge in [0.05, 0.1) is 18.4 Å². The number of methoxy groups -OCH3 is 1. The average molecular weight is 244 g/mol. The van der Waals surface area contributed by atoms with Crippen LogP contribution in [0.1, 0.15) is 10.4 Å². The molecule has 0 bridgehead atoms. The van der Waals surface area contributed by atoms with Crippen molar-refractivity contribution in [2.24, 2.45) is 5.73 Å². The molecule has 1 aromatic heterocycles. The summed E-state index contributed by atoms with van der Waals surface area (Å²) < 4.78 is 5.91. The van der Waals surface area contributed by atoms with Crippen molar-refractivity contribution >= 4 is 12.0 Å². The van der Waals surface area contributed by atoms with Crippen LogP contribution in [0.4, 0.5) is 4.79 Å². The summed E-state index contributed by atoms with van der Waals surface area (Å²) in [4.78, 5) is 23.0. The van der Waals surface area contributed by atoms with Gasteiger partial charge in [0.2, 0.25) is 0 Å². The van der Waals surface area contributed by atoms with Crippen LogP contribution in [0.5, 0.6) is 0 Å². The summed E-state index contributed by atoms with van der Waals surface area (Å²) in [5.74, 6) is -0.506. The molecule has 0 atom stereocenters. The zero-order valence-electron chi connectivity index (χ0n) is 9.79. The van der Waals surface area contributed by atoms with Gasteiger partial charge in [0.1, 0.15) is 0 Å². The summed E-state index contributed by atoms with van der Waals surface area (Å²) in [6.07, 6.45) is 1.46. The van der Waals surface area contributed by atoms with Crippen molar-refractivity contribution in [3.05, 3.63) is 48.2 Å². The SMILES string of the molecule is COC(=O)c1ccn(C(N)=O)c1-c1ccccc1. The molecule has 2 rings (SSSR count). The maximum atomic E-state index is 11.7. The van der Waals surface area contributed by atoms with E-state index in [0.29, 0.717) is 11.3 Å². The Kier molecular flexibility index (Phi) is 3.14. The van der Waals surface area contributed by atoms with Gasteiger partial charge in [-0.2, -0.15) is 0 Å². The van der Waals surface area contributed by atoms with E-state index in [1.807, 2.05) is 18.2 Å². The van der Waals surface area contributed by atoms with Crippen LogP contribution in [0.3, 0.4) is 0 Å². The molecule has 1 amide bonds. The molecular formula is C13H12N2O3. The molecule has 0 spiro atoms. The number of carbonyl (C=O) groups excluding carboxylic acids is 2. The first kappa shape index (κ1) is 11.9. The molecule has 5 nitrogen and oxygen atoms in total. The fraction of sp³-hybridized carbons (Fsp3) is 0.0769. The minimum absolute atomic E-state index is 0.308. The minimum atomic E-state index is -0.649. The molecule has 0 fully saturated rings. The van der Waals surface area contributed by atoms with E-state index in [-0.39, 0.29) is 0 Å². The second kappa shape index (κ2) is 4.75. The number of benzene rings is 1. The van der Waals surface area contributed by atoms with Gasteiger partial charge in [-0.15, -0.1) is 0 Å². The third-order valence-corrected chi connectivity index (χ3v) is 2.58. The van der Waals surface area contributed by atoms with Gasteiger partial charge in [-0.3, -0.25) is 4.57 Å². The number of primary amides is 1. The Morgan fingerprint density at radius 2 is 1.83 bits per heavy atom. The predicted molar refractivity (Wildman–Crippen MR) is 66.2 cm³/mol. The zero-order valence-corrected chi connectivity index (χ0v) is 9.79. The Morgan fingerprint density at radius 1 is 1.17 bits per heavy atom. The van der Waals surface area contributed by atoms with Gasteiger partial charge < -0.3 is 10.5 Å². The van der Waals surface area contributed by atoms with Crippen LogP contribution in [0.15, 0.2) is 42.6 Å². The number of esters is 1. The normalized spacial score (nSPS) is 10.1. The maximum absolute atomic E-state index is 11.7. The highest BCUT2D eigenvalue weighted by Crippen LogP contribution is 2.25. The molecule has 0 aliphatic heterocycles. The van der Waals surface area contributed by atoms with Crippen LogP contribution in [-0.2, 0) is 4.74 Å². The van der Waals surface area contributed by atoms with Crippen LogP contribution in [0.25, 0.3) is 11.3 Å². The number of rotatable bonds is 2. The van der Waals surface area contributed by atoms with Crippen LogP contribution in [0, 0.1) is 0 Å². The van der Waals surface area contributed by atoms with E-state index in [0.717, 1.165) is 5.56 Å². The van der Waals surface area contributed by atoms with E-state index < -0.39 is 12.0 Å². The number of hydrogen-bond donors (Lipinski definition) is 1. The Labute approximate surface area is 104 Å². The topological polar surface area (TPSA) is 74.3 Å². The quantitative estimate of drug-likeness (QED) is 0.819. The molecule has 18 heavy (non-hydrogen) atoms. The molecule has 2 N–H and O–H groups in total. The van der Waals surface area contributed by atoms with Gasteiger partial charge in [-0.25, -0.2) is 9.59 Å². The highest BCUT2D eigenvalue weighted by atomic mass is 16.5. The summed E-state index contributed by atoms with van der Waals surface area (Å²) in [5, 5.41) is 0. The standard InChI is InChI=1S/C13H12N2O3/c1-18-12(16)10-7-8-15(13(14)17)11(10)9-5-3-2-4-6-9/h2-8H,1H3,(H2,14,17). The third-order valence-electron chi connectivity index (χ3n) is 2.58. The lowest BCUT2D eigenvalue weighted by molar-refractivity contribution is 0.0602. The molecule has 0 aliphatic rings. The van der Waals surface area contributed by atoms with Crippen molar-refractivity contribution in [2.45, 2.75) is 0 Å². The fourth-order valence-electron chi connectivity index (χ4n) is 1.78. The second-order valence-corrected chi connectivity index (χ2v) is 3.64. The Balaban J connectivity index is 2.65. The van der Waals surface area contributed by atoms with Gasteiger partial charge in [0.25, 0.3) is 0 Å². The summed E-state index contributed by atoms with van der Waals surface area (Å²) >= 11 is 0. The summed E-state index contributed by atoms with van der Waals surface area (Å²) in [6, 6.07) is 9.92. The number of aromatic nitrogens is 1. The first-order valence-electron chi connectivity index (χ1n) is 5.30. The van der Waals surface area contributed by atoms with Crippen LogP contribution >= 0.6 is 0 Å². The summed E-state index contributed by atoms with van der Waals surface area (Å²) in [7, 11) is 1.29. The van der Waals surface area contributed by atoms with Gasteiger partial charge >= 0.3 is 12.0 Å². The lowest BCUT2D eigenvalue weighted by atomic mass is 10.1. The fourth-order valence-corrected chi connectivity index (χ4v) is 1.78. The van der Waals surface area contributed by atoms with Crippen molar-refractivity contribution in [3.63, 3.8) is 0 Å². The van der Waals surface area contributed by atoms with E-state index >= 15 is 0 Å². The van der Waals surface area contributed by atoms with Gasteiger partial charge in [0.15, 0.2) is 0 Å². The Morgan fingerprint density at radius 3 is 2.39 bits per heavy atom. The molecule has 1 aromatic carbocycles. The average Bonchev–Trinajstić information content (AvgIpc) is 2.83. The molecule has 92 valence electrons. The molecule has 5 heteroatoms. The van der Waals surface area contributed by atoms with Gasteiger partial charge in [0, 0.05) is 6.20 Å². The van der Waals surface area contributed by atoms with Crippen molar-refractivity contribution in [1.29, 1.82) is 0 Å². The summed E-state index contributed by atoms with van der Waals surface area (Å²) in [5.41, 5.74) is 6.75. The van der Waals surface area contributed by atoms with Crippen LogP contribution in [-0.4, -0.2) is 23.7 Å². The molecule has 0 radical (unpaired) electrons. The monoisotopic (exact) mass is 244 g/mol. The van der Waals surface area contributed by atoms with Gasteiger partial charge in [-0.1, -0.05) is 30.3 Å². The number of ether oxygens (including phenoxy) is 1. The van der Waals surface area contributed by atoms with Crippen LogP contribution in [0.2, 0.25) is 0 Å². The zero-order chi connectivity index (χ0) is 13.1. The minimum Gasteiger partial charge on any atom is -0.465 e.